The van der Waals surface area contributed by atoms with Crippen molar-refractivity contribution in [1.29, 1.82) is 0 Å². The summed E-state index contributed by atoms with van der Waals surface area (Å²) < 4.78 is 70.6. The molecule has 0 saturated carbocycles. The highest BCUT2D eigenvalue weighted by Gasteiger charge is 2.36. The van der Waals surface area contributed by atoms with Crippen molar-refractivity contribution in [3.63, 3.8) is 0 Å². The largest absolute Gasteiger partial charge is 0.419 e. The van der Waals surface area contributed by atoms with Crippen molar-refractivity contribution >= 4 is 32.8 Å². The number of fused-ring (bicyclic) bond motifs is 1. The van der Waals surface area contributed by atoms with Gasteiger partial charge in [0.15, 0.2) is 0 Å². The van der Waals surface area contributed by atoms with Crippen molar-refractivity contribution in [2.75, 3.05) is 18.8 Å². The van der Waals surface area contributed by atoms with Gasteiger partial charge in [0.05, 0.1) is 16.1 Å². The predicted molar refractivity (Wildman–Crippen MR) is 152 cm³/mol. The van der Waals surface area contributed by atoms with E-state index in [1.54, 1.807) is 65.6 Å². The van der Waals surface area contributed by atoms with E-state index >= 15 is 0 Å². The zero-order chi connectivity index (χ0) is 29.6. The van der Waals surface area contributed by atoms with Crippen LogP contribution in [0, 0.1) is 0 Å². The summed E-state index contributed by atoms with van der Waals surface area (Å²) in [4.78, 5) is 22.1. The van der Waals surface area contributed by atoms with Crippen molar-refractivity contribution in [3.8, 4) is 22.4 Å². The first kappa shape index (κ1) is 27.5. The van der Waals surface area contributed by atoms with Crippen LogP contribution in [-0.2, 0) is 16.2 Å². The average molecular weight is 592 g/mol. The smallest absolute Gasteiger partial charge is 0.368 e. The molecule has 0 aliphatic carbocycles. The molecular formula is C30H24F3N5O3S. The molecule has 12 heteroatoms. The Morgan fingerprint density at radius 1 is 0.905 bits per heavy atom. The van der Waals surface area contributed by atoms with E-state index in [-0.39, 0.29) is 33.2 Å². The number of anilines is 1. The highest BCUT2D eigenvalue weighted by Crippen LogP contribution is 2.41. The van der Waals surface area contributed by atoms with Gasteiger partial charge in [0.25, 0.3) is 15.9 Å². The Morgan fingerprint density at radius 3 is 2.33 bits per heavy atom. The lowest BCUT2D eigenvalue weighted by atomic mass is 9.99. The molecule has 0 bridgehead atoms. The third kappa shape index (κ3) is 4.87. The highest BCUT2D eigenvalue weighted by atomic mass is 32.2. The Kier molecular flexibility index (Phi) is 6.72. The second kappa shape index (κ2) is 10.3. The van der Waals surface area contributed by atoms with Gasteiger partial charge in [-0.2, -0.15) is 13.2 Å². The van der Waals surface area contributed by atoms with E-state index in [1.807, 2.05) is 0 Å². The van der Waals surface area contributed by atoms with Crippen LogP contribution >= 0.6 is 0 Å². The molecule has 1 saturated heterocycles. The molecule has 1 aliphatic rings. The van der Waals surface area contributed by atoms with E-state index in [4.69, 9.17) is 5.73 Å². The number of halogens is 3. The van der Waals surface area contributed by atoms with Crippen LogP contribution in [0.15, 0.2) is 90.1 Å². The quantitative estimate of drug-likeness (QED) is 0.275. The number of benzene rings is 3. The zero-order valence-electron chi connectivity index (χ0n) is 22.0. The number of hydrogen-bond donors (Lipinski definition) is 1. The van der Waals surface area contributed by atoms with Gasteiger partial charge in [-0.05, 0) is 54.3 Å². The van der Waals surface area contributed by atoms with Gasteiger partial charge in [0.1, 0.15) is 5.56 Å². The van der Waals surface area contributed by atoms with Crippen molar-refractivity contribution in [1.82, 2.24) is 18.8 Å². The fraction of sp³-hybridized carbons (Fsp3) is 0.167. The predicted octanol–water partition coefficient (Wildman–Crippen LogP) is 5.84. The Morgan fingerprint density at radius 2 is 1.62 bits per heavy atom. The summed E-state index contributed by atoms with van der Waals surface area (Å²) in [7, 11) is -4.24. The molecule has 214 valence electrons. The van der Waals surface area contributed by atoms with Crippen LogP contribution in [0.4, 0.5) is 19.1 Å². The van der Waals surface area contributed by atoms with Gasteiger partial charge in [-0.1, -0.05) is 42.5 Å². The first-order chi connectivity index (χ1) is 20.0. The van der Waals surface area contributed by atoms with Crippen LogP contribution in [0.2, 0.25) is 0 Å². The summed E-state index contributed by atoms with van der Waals surface area (Å²) in [5.41, 5.74) is 5.77. The van der Waals surface area contributed by atoms with Crippen molar-refractivity contribution in [2.45, 2.75) is 23.9 Å². The minimum Gasteiger partial charge on any atom is -0.368 e. The maximum absolute atomic E-state index is 14.0. The molecule has 3 aromatic carbocycles. The summed E-state index contributed by atoms with van der Waals surface area (Å²) in [6.07, 6.45) is -1.21. The number of alkyl halides is 3. The topological polar surface area (TPSA) is 111 Å². The van der Waals surface area contributed by atoms with Crippen LogP contribution in [0.5, 0.6) is 0 Å². The molecule has 6 rings (SSSR count). The number of likely N-dealkylation sites (tertiary alicyclic amines) is 1. The molecule has 2 N–H and O–H groups in total. The zero-order valence-corrected chi connectivity index (χ0v) is 22.9. The van der Waals surface area contributed by atoms with E-state index in [0.29, 0.717) is 36.0 Å². The lowest BCUT2D eigenvalue weighted by Crippen LogP contribution is -2.27. The number of hydrogen-bond acceptors (Lipinski definition) is 6. The summed E-state index contributed by atoms with van der Waals surface area (Å²) in [5, 5.41) is 0.214. The van der Waals surface area contributed by atoms with Crippen molar-refractivity contribution in [3.05, 3.63) is 96.3 Å². The molecule has 1 amide bonds. The molecule has 0 atom stereocenters. The third-order valence-corrected chi connectivity index (χ3v) is 8.96. The molecule has 3 heterocycles. The summed E-state index contributed by atoms with van der Waals surface area (Å²) in [6.45, 7) is 1.38. The fourth-order valence-electron chi connectivity index (χ4n) is 5.21. The number of aromatic nitrogens is 3. The Balaban J connectivity index is 1.57. The number of carbonyl (C=O) groups is 1. The number of nitrogens with zero attached hydrogens (tertiary/aromatic N) is 4. The molecule has 42 heavy (non-hydrogen) atoms. The van der Waals surface area contributed by atoms with Gasteiger partial charge in [-0.15, -0.1) is 0 Å². The van der Waals surface area contributed by atoms with E-state index in [0.717, 1.165) is 23.0 Å². The van der Waals surface area contributed by atoms with Gasteiger partial charge < -0.3 is 10.6 Å². The summed E-state index contributed by atoms with van der Waals surface area (Å²) >= 11 is 0. The normalized spacial score (nSPS) is 14.0. The van der Waals surface area contributed by atoms with Crippen LogP contribution in [0.1, 0.15) is 28.8 Å². The SMILES string of the molecule is Nc1ncc(C(F)(F)F)c(-c2cn(S(=O)(=O)c3ccccc3)c3cc(-c4cccc(C(=O)N5CCCC5)c4)ccc23)n1. The lowest BCUT2D eigenvalue weighted by Gasteiger charge is -2.16. The average Bonchev–Trinajstić information content (AvgIpc) is 3.65. The Bertz CT molecular complexity index is 1930. The lowest BCUT2D eigenvalue weighted by molar-refractivity contribution is -0.137. The second-order valence-electron chi connectivity index (χ2n) is 9.96. The van der Waals surface area contributed by atoms with Crippen LogP contribution < -0.4 is 5.73 Å². The van der Waals surface area contributed by atoms with Crippen molar-refractivity contribution in [2.24, 2.45) is 0 Å². The highest BCUT2D eigenvalue weighted by molar-refractivity contribution is 7.90. The monoisotopic (exact) mass is 591 g/mol. The van der Waals surface area contributed by atoms with E-state index in [1.165, 1.54) is 12.1 Å². The second-order valence-corrected chi connectivity index (χ2v) is 11.8. The van der Waals surface area contributed by atoms with Crippen LogP contribution in [0.3, 0.4) is 0 Å². The van der Waals surface area contributed by atoms with Crippen molar-refractivity contribution < 1.29 is 26.4 Å². The Hall–Kier alpha value is -4.71. The number of nitrogens with two attached hydrogens (primary N) is 1. The van der Waals surface area contributed by atoms with E-state index in [9.17, 15) is 26.4 Å². The minimum absolute atomic E-state index is 0.0460. The number of carbonyl (C=O) groups excluding carboxylic acids is 1. The summed E-state index contributed by atoms with van der Waals surface area (Å²) in [6, 6.07) is 19.4. The molecule has 5 aromatic rings. The molecular weight excluding hydrogens is 567 g/mol. The molecule has 0 spiro atoms. The molecule has 2 aromatic heterocycles. The maximum atomic E-state index is 14.0. The first-order valence-corrected chi connectivity index (χ1v) is 14.5. The van der Waals surface area contributed by atoms with Gasteiger partial charge in [0.2, 0.25) is 5.95 Å². The number of amides is 1. The van der Waals surface area contributed by atoms with Crippen LogP contribution in [-0.4, -0.2) is 46.3 Å². The molecule has 0 unspecified atom stereocenters. The van der Waals surface area contributed by atoms with Gasteiger partial charge in [0, 0.05) is 42.0 Å². The standard InChI is InChI=1S/C30H24F3N5O3S/c31-30(32,33)25-17-35-29(34)36-27(25)24-18-38(42(40,41)22-9-2-1-3-10-22)26-16-20(11-12-23(24)26)19-7-6-8-21(15-19)28(39)37-13-4-5-14-37/h1-3,6-12,15-18H,4-5,13-14H2,(H2,34,35,36). The van der Waals surface area contributed by atoms with Gasteiger partial charge in [-0.25, -0.2) is 22.4 Å². The minimum atomic E-state index is -4.82. The summed E-state index contributed by atoms with van der Waals surface area (Å²) in [5.74, 6) is -0.477. The maximum Gasteiger partial charge on any atom is 0.419 e. The third-order valence-electron chi connectivity index (χ3n) is 7.28. The van der Waals surface area contributed by atoms with Gasteiger partial charge >= 0.3 is 6.18 Å². The van der Waals surface area contributed by atoms with Crippen LogP contribution in [0.25, 0.3) is 33.3 Å². The van der Waals surface area contributed by atoms with E-state index in [2.05, 4.69) is 9.97 Å². The fourth-order valence-corrected chi connectivity index (χ4v) is 6.60. The van der Waals surface area contributed by atoms with E-state index < -0.39 is 27.5 Å². The molecule has 8 nitrogen and oxygen atoms in total. The molecule has 1 aliphatic heterocycles. The van der Waals surface area contributed by atoms with Gasteiger partial charge in [-0.3, -0.25) is 4.79 Å². The first-order valence-electron chi connectivity index (χ1n) is 13.1. The number of rotatable bonds is 5. The number of nitrogen functional groups attached to an aromatic ring is 1. The molecule has 1 fully saturated rings. The Labute approximate surface area is 239 Å². The molecule has 0 radical (unpaired) electrons.